The van der Waals surface area contributed by atoms with Crippen molar-refractivity contribution in [3.8, 4) is 10.6 Å². The predicted molar refractivity (Wildman–Crippen MR) is 76.5 cm³/mol. The highest BCUT2D eigenvalue weighted by Gasteiger charge is 2.33. The Labute approximate surface area is 116 Å². The second-order valence-corrected chi connectivity index (χ2v) is 7.02. The number of halogens is 1. The van der Waals surface area contributed by atoms with E-state index in [2.05, 4.69) is 13.8 Å². The van der Waals surface area contributed by atoms with Crippen molar-refractivity contribution in [3.05, 3.63) is 40.7 Å². The molecular weight excluding hydrogens is 259 g/mol. The van der Waals surface area contributed by atoms with Crippen molar-refractivity contribution in [3.63, 3.8) is 0 Å². The molecule has 19 heavy (non-hydrogen) atoms. The summed E-state index contributed by atoms with van der Waals surface area (Å²) in [7, 11) is 0. The minimum Gasteiger partial charge on any atom is -0.323 e. The molecule has 3 rings (SSSR count). The van der Waals surface area contributed by atoms with Crippen LogP contribution >= 0.6 is 11.3 Å². The molecule has 1 aromatic heterocycles. The average molecular weight is 276 g/mol. The Morgan fingerprint density at radius 1 is 1.32 bits per heavy atom. The van der Waals surface area contributed by atoms with Gasteiger partial charge in [-0.05, 0) is 42.5 Å². The van der Waals surface area contributed by atoms with E-state index >= 15 is 0 Å². The summed E-state index contributed by atoms with van der Waals surface area (Å²) in [6.45, 7) is 4.46. The lowest BCUT2D eigenvalue weighted by Gasteiger charge is -2.32. The van der Waals surface area contributed by atoms with Crippen molar-refractivity contribution >= 4 is 11.3 Å². The molecule has 100 valence electrons. The van der Waals surface area contributed by atoms with Crippen LogP contribution < -0.4 is 5.73 Å². The van der Waals surface area contributed by atoms with E-state index in [1.54, 1.807) is 23.5 Å². The molecule has 1 aromatic carbocycles. The molecule has 0 spiro atoms. The van der Waals surface area contributed by atoms with E-state index in [4.69, 9.17) is 10.7 Å². The van der Waals surface area contributed by atoms with Gasteiger partial charge in [0.2, 0.25) is 0 Å². The molecule has 4 heteroatoms. The first-order valence-corrected chi connectivity index (χ1v) is 7.27. The third kappa shape index (κ3) is 2.42. The van der Waals surface area contributed by atoms with Gasteiger partial charge in [0, 0.05) is 16.5 Å². The van der Waals surface area contributed by atoms with Gasteiger partial charge in [-0.1, -0.05) is 13.8 Å². The number of hydrogen-bond acceptors (Lipinski definition) is 3. The fourth-order valence-corrected chi connectivity index (χ4v) is 3.80. The zero-order valence-corrected chi connectivity index (χ0v) is 11.9. The summed E-state index contributed by atoms with van der Waals surface area (Å²) in [4.78, 5) is 5.91. The Bertz CT molecular complexity index is 601. The van der Waals surface area contributed by atoms with Crippen LogP contribution in [0.2, 0.25) is 0 Å². The highest BCUT2D eigenvalue weighted by Crippen LogP contribution is 2.43. The van der Waals surface area contributed by atoms with Crippen LogP contribution in [0.15, 0.2) is 24.3 Å². The molecular formula is C15H17FN2S. The predicted octanol–water partition coefficient (Wildman–Crippen LogP) is 3.92. The topological polar surface area (TPSA) is 38.9 Å². The van der Waals surface area contributed by atoms with E-state index in [0.717, 1.165) is 29.1 Å². The summed E-state index contributed by atoms with van der Waals surface area (Å²) in [6, 6.07) is 6.57. The van der Waals surface area contributed by atoms with Gasteiger partial charge in [0.15, 0.2) is 0 Å². The molecule has 1 unspecified atom stereocenters. The van der Waals surface area contributed by atoms with Crippen molar-refractivity contribution in [2.75, 3.05) is 0 Å². The monoisotopic (exact) mass is 276 g/mol. The number of hydrogen-bond donors (Lipinski definition) is 1. The van der Waals surface area contributed by atoms with Gasteiger partial charge in [0.1, 0.15) is 10.8 Å². The summed E-state index contributed by atoms with van der Waals surface area (Å²) in [5, 5.41) is 0.943. The Morgan fingerprint density at radius 3 is 2.68 bits per heavy atom. The number of aromatic nitrogens is 1. The molecule has 0 aliphatic heterocycles. The minimum atomic E-state index is -0.220. The van der Waals surface area contributed by atoms with Crippen LogP contribution in [0.3, 0.4) is 0 Å². The smallest absolute Gasteiger partial charge is 0.123 e. The van der Waals surface area contributed by atoms with Gasteiger partial charge < -0.3 is 5.73 Å². The first-order valence-electron chi connectivity index (χ1n) is 6.46. The molecule has 1 heterocycles. The quantitative estimate of drug-likeness (QED) is 0.857. The Morgan fingerprint density at radius 2 is 2.00 bits per heavy atom. The maximum Gasteiger partial charge on any atom is 0.123 e. The Balaban J connectivity index is 2.01. The van der Waals surface area contributed by atoms with Crippen molar-refractivity contribution < 1.29 is 4.39 Å². The molecule has 2 aromatic rings. The van der Waals surface area contributed by atoms with Gasteiger partial charge in [-0.2, -0.15) is 0 Å². The molecule has 0 bridgehead atoms. The summed E-state index contributed by atoms with van der Waals surface area (Å²) in [5.41, 5.74) is 8.54. The standard InChI is InChI=1S/C15H17FN2S/c1-15(2)7-11(17)13-12(8-15)18-14(19-13)9-3-5-10(16)6-4-9/h3-6,11H,7-8,17H2,1-2H3. The van der Waals surface area contributed by atoms with Gasteiger partial charge in [-0.25, -0.2) is 9.37 Å². The summed E-state index contributed by atoms with van der Waals surface area (Å²) in [5.74, 6) is -0.220. The summed E-state index contributed by atoms with van der Waals surface area (Å²) < 4.78 is 13.0. The third-order valence-corrected chi connectivity index (χ3v) is 4.85. The maximum absolute atomic E-state index is 13.0. The van der Waals surface area contributed by atoms with Gasteiger partial charge in [0.05, 0.1) is 5.69 Å². The lowest BCUT2D eigenvalue weighted by molar-refractivity contribution is 0.282. The van der Waals surface area contributed by atoms with Crippen LogP contribution in [0.25, 0.3) is 10.6 Å². The minimum absolute atomic E-state index is 0.0745. The summed E-state index contributed by atoms with van der Waals surface area (Å²) >= 11 is 1.64. The van der Waals surface area contributed by atoms with E-state index in [-0.39, 0.29) is 17.3 Å². The number of nitrogens with zero attached hydrogens (tertiary/aromatic N) is 1. The Hall–Kier alpha value is -1.26. The molecule has 0 fully saturated rings. The third-order valence-electron chi connectivity index (χ3n) is 3.57. The second kappa shape index (κ2) is 4.39. The number of fused-ring (bicyclic) bond motifs is 1. The number of nitrogens with two attached hydrogens (primary N) is 1. The molecule has 1 aliphatic rings. The SMILES string of the molecule is CC1(C)Cc2nc(-c3ccc(F)cc3)sc2C(N)C1. The van der Waals surface area contributed by atoms with Gasteiger partial charge in [0.25, 0.3) is 0 Å². The van der Waals surface area contributed by atoms with Crippen molar-refractivity contribution in [1.29, 1.82) is 0 Å². The van der Waals surface area contributed by atoms with Gasteiger partial charge >= 0.3 is 0 Å². The van der Waals surface area contributed by atoms with Gasteiger partial charge in [-0.15, -0.1) is 11.3 Å². The van der Waals surface area contributed by atoms with Crippen LogP contribution in [0.4, 0.5) is 4.39 Å². The first-order chi connectivity index (χ1) is 8.94. The molecule has 1 atom stereocenters. The van der Waals surface area contributed by atoms with Crippen LogP contribution in [0.5, 0.6) is 0 Å². The molecule has 0 saturated heterocycles. The van der Waals surface area contributed by atoms with Crippen molar-refractivity contribution in [2.45, 2.75) is 32.7 Å². The van der Waals surface area contributed by atoms with E-state index < -0.39 is 0 Å². The van der Waals surface area contributed by atoms with Crippen molar-refractivity contribution in [1.82, 2.24) is 4.98 Å². The molecule has 0 saturated carbocycles. The van der Waals surface area contributed by atoms with E-state index in [9.17, 15) is 4.39 Å². The van der Waals surface area contributed by atoms with E-state index in [1.807, 2.05) is 0 Å². The number of thiazole rings is 1. The zero-order chi connectivity index (χ0) is 13.6. The van der Waals surface area contributed by atoms with Crippen LogP contribution in [0, 0.1) is 11.2 Å². The first kappa shape index (κ1) is 12.8. The van der Waals surface area contributed by atoms with E-state index in [0.29, 0.717) is 0 Å². The van der Waals surface area contributed by atoms with Crippen LogP contribution in [-0.4, -0.2) is 4.98 Å². The highest BCUT2D eigenvalue weighted by molar-refractivity contribution is 7.15. The highest BCUT2D eigenvalue weighted by atomic mass is 32.1. The normalized spacial score (nSPS) is 21.2. The molecule has 1 aliphatic carbocycles. The molecule has 0 amide bonds. The molecule has 2 nitrogen and oxygen atoms in total. The molecule has 0 radical (unpaired) electrons. The largest absolute Gasteiger partial charge is 0.323 e. The van der Waals surface area contributed by atoms with Crippen LogP contribution in [0.1, 0.15) is 36.9 Å². The van der Waals surface area contributed by atoms with Crippen LogP contribution in [-0.2, 0) is 6.42 Å². The average Bonchev–Trinajstić information content (AvgIpc) is 2.72. The maximum atomic E-state index is 13.0. The Kier molecular flexibility index (Phi) is 2.95. The lowest BCUT2D eigenvalue weighted by Crippen LogP contribution is -2.28. The van der Waals surface area contributed by atoms with Gasteiger partial charge in [-0.3, -0.25) is 0 Å². The summed E-state index contributed by atoms with van der Waals surface area (Å²) in [6.07, 6.45) is 1.96. The zero-order valence-electron chi connectivity index (χ0n) is 11.1. The fourth-order valence-electron chi connectivity index (χ4n) is 2.71. The fraction of sp³-hybridized carbons (Fsp3) is 0.400. The number of rotatable bonds is 1. The number of benzene rings is 1. The lowest BCUT2D eigenvalue weighted by atomic mass is 9.77. The molecule has 2 N–H and O–H groups in total. The van der Waals surface area contributed by atoms with E-state index in [1.165, 1.54) is 17.0 Å². The second-order valence-electron chi connectivity index (χ2n) is 5.99. The van der Waals surface area contributed by atoms with Crippen molar-refractivity contribution in [2.24, 2.45) is 11.1 Å².